The van der Waals surface area contributed by atoms with Gasteiger partial charge in [0.15, 0.2) is 0 Å². The largest absolute Gasteiger partial charge is 0.481 e. The number of carboxylic acids is 1. The van der Waals surface area contributed by atoms with E-state index in [1.54, 1.807) is 18.0 Å². The van der Waals surface area contributed by atoms with E-state index in [-0.39, 0.29) is 6.42 Å². The van der Waals surface area contributed by atoms with Crippen molar-refractivity contribution in [1.82, 2.24) is 4.98 Å². The van der Waals surface area contributed by atoms with Crippen molar-refractivity contribution in [3.05, 3.63) is 36.0 Å². The van der Waals surface area contributed by atoms with Crippen LogP contribution in [0.2, 0.25) is 0 Å². The fourth-order valence-corrected chi connectivity index (χ4v) is 2.58. The molecule has 0 fully saturated rings. The van der Waals surface area contributed by atoms with Gasteiger partial charge in [-0.3, -0.25) is 9.78 Å². The van der Waals surface area contributed by atoms with Crippen molar-refractivity contribution < 1.29 is 9.90 Å². The first kappa shape index (κ1) is 11.9. The Labute approximate surface area is 104 Å². The van der Waals surface area contributed by atoms with Gasteiger partial charge in [0.2, 0.25) is 0 Å². The normalized spacial score (nSPS) is 10.6. The molecule has 0 aliphatic carbocycles. The second-order valence-electron chi connectivity index (χ2n) is 3.82. The maximum absolute atomic E-state index is 10.5. The number of fused-ring (bicyclic) bond motifs is 1. The van der Waals surface area contributed by atoms with Gasteiger partial charge < -0.3 is 5.11 Å². The summed E-state index contributed by atoms with van der Waals surface area (Å²) in [7, 11) is 0. The van der Waals surface area contributed by atoms with Gasteiger partial charge in [0.25, 0.3) is 0 Å². The molecule has 0 spiro atoms. The molecule has 0 unspecified atom stereocenters. The highest BCUT2D eigenvalue weighted by Crippen LogP contribution is 2.27. The SMILES string of the molecule is Cc1ccc2nccc(SCCC(=O)O)c2c1. The van der Waals surface area contributed by atoms with Crippen LogP contribution in [0.1, 0.15) is 12.0 Å². The third kappa shape index (κ3) is 2.97. The predicted molar refractivity (Wildman–Crippen MR) is 69.5 cm³/mol. The van der Waals surface area contributed by atoms with Gasteiger partial charge in [0.05, 0.1) is 11.9 Å². The van der Waals surface area contributed by atoms with Crippen molar-refractivity contribution in [2.24, 2.45) is 0 Å². The van der Waals surface area contributed by atoms with E-state index in [4.69, 9.17) is 5.11 Å². The Morgan fingerprint density at radius 1 is 1.41 bits per heavy atom. The molecule has 0 aliphatic rings. The van der Waals surface area contributed by atoms with Gasteiger partial charge in [0.1, 0.15) is 0 Å². The van der Waals surface area contributed by atoms with Gasteiger partial charge >= 0.3 is 5.97 Å². The number of aryl methyl sites for hydroxylation is 1. The van der Waals surface area contributed by atoms with Crippen LogP contribution >= 0.6 is 11.8 Å². The number of nitrogens with zero attached hydrogens (tertiary/aromatic N) is 1. The number of aliphatic carboxylic acids is 1. The monoisotopic (exact) mass is 247 g/mol. The Bertz CT molecular complexity index is 554. The zero-order chi connectivity index (χ0) is 12.3. The zero-order valence-corrected chi connectivity index (χ0v) is 10.3. The number of aromatic nitrogens is 1. The second kappa shape index (κ2) is 5.19. The summed E-state index contributed by atoms with van der Waals surface area (Å²) in [5, 5.41) is 9.72. The maximum atomic E-state index is 10.5. The third-order valence-corrected chi connectivity index (χ3v) is 3.51. The fourth-order valence-electron chi connectivity index (χ4n) is 1.61. The van der Waals surface area contributed by atoms with E-state index in [1.165, 1.54) is 5.56 Å². The lowest BCUT2D eigenvalue weighted by Crippen LogP contribution is -1.96. The lowest BCUT2D eigenvalue weighted by atomic mass is 10.1. The smallest absolute Gasteiger partial charge is 0.304 e. The summed E-state index contributed by atoms with van der Waals surface area (Å²) in [5.74, 6) is -0.172. The maximum Gasteiger partial charge on any atom is 0.304 e. The van der Waals surface area contributed by atoms with Gasteiger partial charge in [0, 0.05) is 22.2 Å². The first-order chi connectivity index (χ1) is 8.16. The molecule has 4 heteroatoms. The summed E-state index contributed by atoms with van der Waals surface area (Å²) in [6.07, 6.45) is 1.95. The van der Waals surface area contributed by atoms with E-state index >= 15 is 0 Å². The standard InChI is InChI=1S/C13H13NO2S/c1-9-2-3-11-10(8-9)12(4-6-14-11)17-7-5-13(15)16/h2-4,6,8H,5,7H2,1H3,(H,15,16). The van der Waals surface area contributed by atoms with Gasteiger partial charge in [-0.25, -0.2) is 0 Å². The van der Waals surface area contributed by atoms with Crippen molar-refractivity contribution in [2.75, 3.05) is 5.75 Å². The minimum atomic E-state index is -0.757. The summed E-state index contributed by atoms with van der Waals surface area (Å²) < 4.78 is 0. The van der Waals surface area contributed by atoms with Crippen LogP contribution in [0.25, 0.3) is 10.9 Å². The molecule has 1 aromatic heterocycles. The lowest BCUT2D eigenvalue weighted by Gasteiger charge is -2.05. The first-order valence-corrected chi connectivity index (χ1v) is 6.35. The molecule has 0 bridgehead atoms. The van der Waals surface area contributed by atoms with Crippen LogP contribution in [-0.4, -0.2) is 21.8 Å². The molecule has 88 valence electrons. The molecule has 2 aromatic rings. The number of carboxylic acid groups (broad SMARTS) is 1. The van der Waals surface area contributed by atoms with Crippen LogP contribution in [0.5, 0.6) is 0 Å². The van der Waals surface area contributed by atoms with Crippen LogP contribution in [0, 0.1) is 6.92 Å². The Morgan fingerprint density at radius 3 is 3.00 bits per heavy atom. The van der Waals surface area contributed by atoms with Gasteiger partial charge in [-0.15, -0.1) is 11.8 Å². The molecule has 0 aliphatic heterocycles. The van der Waals surface area contributed by atoms with Crippen LogP contribution < -0.4 is 0 Å². The zero-order valence-electron chi connectivity index (χ0n) is 9.51. The summed E-state index contributed by atoms with van der Waals surface area (Å²) in [6.45, 7) is 2.04. The molecule has 0 atom stereocenters. The Kier molecular flexibility index (Phi) is 3.64. The minimum Gasteiger partial charge on any atom is -0.481 e. The van der Waals surface area contributed by atoms with E-state index in [2.05, 4.69) is 11.1 Å². The number of thioether (sulfide) groups is 1. The van der Waals surface area contributed by atoms with Crippen molar-refractivity contribution in [3.63, 3.8) is 0 Å². The Balaban J connectivity index is 2.27. The highest BCUT2D eigenvalue weighted by Gasteiger charge is 2.04. The molecule has 1 N–H and O–H groups in total. The number of carbonyl (C=O) groups is 1. The van der Waals surface area contributed by atoms with Gasteiger partial charge in [-0.05, 0) is 25.1 Å². The number of hydrogen-bond donors (Lipinski definition) is 1. The van der Waals surface area contributed by atoms with E-state index in [0.29, 0.717) is 5.75 Å². The van der Waals surface area contributed by atoms with E-state index in [0.717, 1.165) is 15.8 Å². The molecule has 1 heterocycles. The van der Waals surface area contributed by atoms with Crippen molar-refractivity contribution >= 4 is 28.6 Å². The average molecular weight is 247 g/mol. The molecule has 0 amide bonds. The van der Waals surface area contributed by atoms with Crippen molar-refractivity contribution in [1.29, 1.82) is 0 Å². The summed E-state index contributed by atoms with van der Waals surface area (Å²) in [5.41, 5.74) is 2.14. The van der Waals surface area contributed by atoms with Gasteiger partial charge in [-0.2, -0.15) is 0 Å². The number of hydrogen-bond acceptors (Lipinski definition) is 3. The lowest BCUT2D eigenvalue weighted by molar-refractivity contribution is -0.136. The fraction of sp³-hybridized carbons (Fsp3) is 0.231. The average Bonchev–Trinajstić information content (AvgIpc) is 2.29. The van der Waals surface area contributed by atoms with Crippen LogP contribution in [0.4, 0.5) is 0 Å². The molecular weight excluding hydrogens is 234 g/mol. The van der Waals surface area contributed by atoms with Crippen molar-refractivity contribution in [2.45, 2.75) is 18.2 Å². The molecule has 0 radical (unpaired) electrons. The molecule has 3 nitrogen and oxygen atoms in total. The van der Waals surface area contributed by atoms with Crippen molar-refractivity contribution in [3.8, 4) is 0 Å². The van der Waals surface area contributed by atoms with Gasteiger partial charge in [-0.1, -0.05) is 11.6 Å². The van der Waals surface area contributed by atoms with E-state index < -0.39 is 5.97 Å². The molecule has 1 aromatic carbocycles. The first-order valence-electron chi connectivity index (χ1n) is 5.37. The van der Waals surface area contributed by atoms with E-state index in [1.807, 2.05) is 25.1 Å². The molecular formula is C13H13NO2S. The Morgan fingerprint density at radius 2 is 2.24 bits per heavy atom. The minimum absolute atomic E-state index is 0.181. The number of pyridine rings is 1. The summed E-state index contributed by atoms with van der Waals surface area (Å²) >= 11 is 1.57. The molecule has 17 heavy (non-hydrogen) atoms. The highest BCUT2D eigenvalue weighted by atomic mass is 32.2. The summed E-state index contributed by atoms with van der Waals surface area (Å²) in [6, 6.07) is 8.05. The quantitative estimate of drug-likeness (QED) is 0.843. The van der Waals surface area contributed by atoms with Crippen LogP contribution in [-0.2, 0) is 4.79 Å². The number of benzene rings is 1. The van der Waals surface area contributed by atoms with Crippen LogP contribution in [0.15, 0.2) is 35.4 Å². The highest BCUT2D eigenvalue weighted by molar-refractivity contribution is 7.99. The van der Waals surface area contributed by atoms with Crippen LogP contribution in [0.3, 0.4) is 0 Å². The third-order valence-electron chi connectivity index (χ3n) is 2.43. The molecule has 2 rings (SSSR count). The molecule has 0 saturated carbocycles. The summed E-state index contributed by atoms with van der Waals surface area (Å²) in [4.78, 5) is 15.9. The Hall–Kier alpha value is -1.55. The topological polar surface area (TPSA) is 50.2 Å². The molecule has 0 saturated heterocycles. The second-order valence-corrected chi connectivity index (χ2v) is 4.96. The predicted octanol–water partition coefficient (Wildman–Crippen LogP) is 3.11. The van der Waals surface area contributed by atoms with E-state index in [9.17, 15) is 4.79 Å². The number of rotatable bonds is 4.